The number of alkyl halides is 3. The predicted molar refractivity (Wildman–Crippen MR) is 144 cm³/mol. The molecule has 0 radical (unpaired) electrons. The Hall–Kier alpha value is -4.19. The quantitative estimate of drug-likeness (QED) is 0.240. The Bertz CT molecular complexity index is 1650. The molecular formula is C30H27F5N4O3. The highest BCUT2D eigenvalue weighted by Crippen LogP contribution is 2.40. The first-order valence-electron chi connectivity index (χ1n) is 13.2. The largest absolute Gasteiger partial charge is 0.494 e. The van der Waals surface area contributed by atoms with E-state index in [1.54, 1.807) is 6.07 Å². The molecule has 1 amide bonds. The van der Waals surface area contributed by atoms with Gasteiger partial charge >= 0.3 is 6.18 Å². The van der Waals surface area contributed by atoms with E-state index in [0.29, 0.717) is 10.9 Å². The van der Waals surface area contributed by atoms with Gasteiger partial charge in [-0.05, 0) is 75.2 Å². The molecule has 1 atom stereocenters. The van der Waals surface area contributed by atoms with Crippen LogP contribution in [-0.2, 0) is 5.60 Å². The van der Waals surface area contributed by atoms with E-state index < -0.39 is 58.7 Å². The van der Waals surface area contributed by atoms with Gasteiger partial charge in [0.2, 0.25) is 0 Å². The van der Waals surface area contributed by atoms with E-state index in [2.05, 4.69) is 20.5 Å². The number of benzene rings is 2. The average molecular weight is 587 g/mol. The fourth-order valence-electron chi connectivity index (χ4n) is 4.66. The van der Waals surface area contributed by atoms with Gasteiger partial charge in [-0.15, -0.1) is 5.10 Å². The monoisotopic (exact) mass is 586 g/mol. The Morgan fingerprint density at radius 1 is 1.07 bits per heavy atom. The summed E-state index contributed by atoms with van der Waals surface area (Å²) in [6.07, 6.45) is -2.96. The number of fused-ring (bicyclic) bond motifs is 1. The lowest BCUT2D eigenvalue weighted by molar-refractivity contribution is -0.149. The van der Waals surface area contributed by atoms with E-state index in [9.17, 15) is 27.5 Å². The van der Waals surface area contributed by atoms with Crippen LogP contribution in [0.1, 0.15) is 65.8 Å². The Kier molecular flexibility index (Phi) is 7.61. The summed E-state index contributed by atoms with van der Waals surface area (Å²) in [7, 11) is 1.38. The number of amides is 1. The Morgan fingerprint density at radius 3 is 2.36 bits per heavy atom. The summed E-state index contributed by atoms with van der Waals surface area (Å²) in [5, 5.41) is 21.8. The molecule has 2 aromatic heterocycles. The lowest BCUT2D eigenvalue weighted by Crippen LogP contribution is -2.36. The van der Waals surface area contributed by atoms with Crippen molar-refractivity contribution >= 4 is 16.8 Å². The summed E-state index contributed by atoms with van der Waals surface area (Å²) in [6, 6.07) is 9.88. The van der Waals surface area contributed by atoms with Gasteiger partial charge in [0.15, 0.2) is 5.82 Å². The van der Waals surface area contributed by atoms with Gasteiger partial charge < -0.3 is 15.2 Å². The highest BCUT2D eigenvalue weighted by Gasteiger charge is 2.43. The average Bonchev–Trinajstić information content (AvgIpc) is 3.77. The summed E-state index contributed by atoms with van der Waals surface area (Å²) in [6.45, 7) is 1.51. The molecule has 42 heavy (non-hydrogen) atoms. The lowest BCUT2D eigenvalue weighted by Gasteiger charge is -2.25. The van der Waals surface area contributed by atoms with E-state index in [1.807, 2.05) is 0 Å². The number of ether oxygens (including phenoxy) is 1. The molecular weight excluding hydrogens is 559 g/mol. The molecule has 0 aliphatic heterocycles. The van der Waals surface area contributed by atoms with Gasteiger partial charge in [-0.2, -0.15) is 18.3 Å². The Balaban J connectivity index is 1.50. The van der Waals surface area contributed by atoms with Crippen molar-refractivity contribution in [2.24, 2.45) is 0 Å². The molecule has 0 spiro atoms. The van der Waals surface area contributed by atoms with E-state index in [4.69, 9.17) is 4.74 Å². The number of methoxy groups -OCH3 is 1. The third-order valence-electron chi connectivity index (χ3n) is 7.12. The Morgan fingerprint density at radius 2 is 1.76 bits per heavy atom. The van der Waals surface area contributed by atoms with Crippen LogP contribution in [0.15, 0.2) is 48.5 Å². The van der Waals surface area contributed by atoms with Gasteiger partial charge in [0.25, 0.3) is 5.91 Å². The fourth-order valence-corrected chi connectivity index (χ4v) is 4.66. The minimum absolute atomic E-state index is 0.0168. The van der Waals surface area contributed by atoms with Crippen molar-refractivity contribution in [2.75, 3.05) is 13.7 Å². The van der Waals surface area contributed by atoms with Gasteiger partial charge in [0.1, 0.15) is 28.7 Å². The second-order valence-corrected chi connectivity index (χ2v) is 10.8. The first-order valence-corrected chi connectivity index (χ1v) is 13.2. The highest BCUT2D eigenvalue weighted by molar-refractivity contribution is 5.99. The predicted octanol–water partition coefficient (Wildman–Crippen LogP) is 6.16. The van der Waals surface area contributed by atoms with Gasteiger partial charge in [0.05, 0.1) is 24.1 Å². The zero-order chi connectivity index (χ0) is 30.4. The van der Waals surface area contributed by atoms with Gasteiger partial charge in [-0.1, -0.05) is 0 Å². The normalized spacial score (nSPS) is 14.6. The summed E-state index contributed by atoms with van der Waals surface area (Å²) < 4.78 is 77.4. The zero-order valence-electron chi connectivity index (χ0n) is 22.9. The maximum Gasteiger partial charge on any atom is 0.398 e. The maximum absolute atomic E-state index is 15.4. The first kappa shape index (κ1) is 29.3. The number of halogens is 5. The van der Waals surface area contributed by atoms with E-state index in [0.717, 1.165) is 36.7 Å². The molecule has 4 aromatic rings. The Labute approximate surface area is 237 Å². The molecule has 1 saturated carbocycles. The van der Waals surface area contributed by atoms with Gasteiger partial charge in [-0.25, -0.2) is 13.8 Å². The first-order chi connectivity index (χ1) is 19.8. The van der Waals surface area contributed by atoms with Gasteiger partial charge in [-0.3, -0.25) is 4.79 Å². The van der Waals surface area contributed by atoms with Crippen LogP contribution in [0.5, 0.6) is 5.75 Å². The third-order valence-corrected chi connectivity index (χ3v) is 7.12. The van der Waals surface area contributed by atoms with Crippen LogP contribution in [-0.4, -0.2) is 46.0 Å². The number of aromatic nitrogens is 3. The molecule has 2 N–H and O–H groups in total. The molecule has 2 aromatic carbocycles. The van der Waals surface area contributed by atoms with E-state index in [1.165, 1.54) is 45.2 Å². The summed E-state index contributed by atoms with van der Waals surface area (Å²) in [5.41, 5.74) is -2.18. The van der Waals surface area contributed by atoms with Crippen LogP contribution in [0.25, 0.3) is 22.2 Å². The van der Waals surface area contributed by atoms with Crippen molar-refractivity contribution in [1.82, 2.24) is 20.5 Å². The molecule has 1 fully saturated rings. The van der Waals surface area contributed by atoms with Crippen LogP contribution in [0.4, 0.5) is 22.0 Å². The number of nitrogens with one attached hydrogen (secondary N) is 1. The van der Waals surface area contributed by atoms with Crippen molar-refractivity contribution in [3.63, 3.8) is 0 Å². The molecule has 0 unspecified atom stereocenters. The number of rotatable bonds is 8. The number of carbonyl (C=O) groups excluding carboxylic acids is 1. The molecule has 5 rings (SSSR count). The number of hydrogen-bond acceptors (Lipinski definition) is 6. The van der Waals surface area contributed by atoms with Crippen molar-refractivity contribution in [3.8, 4) is 17.0 Å². The molecule has 1 aliphatic rings. The number of hydrogen-bond donors (Lipinski definition) is 2. The lowest BCUT2D eigenvalue weighted by atomic mass is 9.92. The number of aliphatic hydroxyl groups is 1. The van der Waals surface area contributed by atoms with Crippen molar-refractivity contribution < 1.29 is 36.6 Å². The van der Waals surface area contributed by atoms with E-state index in [-0.39, 0.29) is 22.8 Å². The number of pyridine rings is 1. The summed E-state index contributed by atoms with van der Waals surface area (Å²) >= 11 is 0. The van der Waals surface area contributed by atoms with Crippen LogP contribution >= 0.6 is 0 Å². The highest BCUT2D eigenvalue weighted by atomic mass is 19.4. The van der Waals surface area contributed by atoms with Crippen molar-refractivity contribution in [2.45, 2.75) is 50.3 Å². The standard InChI is InChI=1S/C30H27F5N4O3/c1-29(2,41)20-13-23(37-27(25(20)32)16-6-8-19(31)9-7-16)21(30(33,34)35)14-36-28(40)18-10-17-11-22(15-4-5-15)38-39-26(17)24(12-18)42-3/h6-13,15,21,41H,4-5,14H2,1-3H3,(H,36,40)/t21-/m1/s1. The van der Waals surface area contributed by atoms with Crippen LogP contribution in [0.3, 0.4) is 0 Å². The van der Waals surface area contributed by atoms with Crippen molar-refractivity contribution in [3.05, 3.63) is 82.7 Å². The minimum atomic E-state index is -4.91. The summed E-state index contributed by atoms with van der Waals surface area (Å²) in [5.74, 6) is -4.32. The summed E-state index contributed by atoms with van der Waals surface area (Å²) in [4.78, 5) is 17.1. The second kappa shape index (κ2) is 10.9. The molecule has 2 heterocycles. The van der Waals surface area contributed by atoms with Gasteiger partial charge in [0, 0.05) is 34.5 Å². The molecule has 7 nitrogen and oxygen atoms in total. The van der Waals surface area contributed by atoms with Crippen LogP contribution < -0.4 is 10.1 Å². The number of carbonyl (C=O) groups is 1. The molecule has 220 valence electrons. The zero-order valence-corrected chi connectivity index (χ0v) is 22.9. The molecule has 0 bridgehead atoms. The topological polar surface area (TPSA) is 97.2 Å². The SMILES string of the molecule is COc1cc(C(=O)NC[C@H](c2cc(C(C)(C)O)c(F)c(-c3ccc(F)cc3)n2)C(F)(F)F)cc2cc(C3CC3)nnc12. The minimum Gasteiger partial charge on any atom is -0.494 e. The maximum atomic E-state index is 15.4. The second-order valence-electron chi connectivity index (χ2n) is 10.8. The molecule has 1 aliphatic carbocycles. The van der Waals surface area contributed by atoms with Crippen molar-refractivity contribution in [1.29, 1.82) is 0 Å². The fraction of sp³-hybridized carbons (Fsp3) is 0.333. The number of nitrogens with zero attached hydrogens (tertiary/aromatic N) is 3. The smallest absolute Gasteiger partial charge is 0.398 e. The molecule has 0 saturated heterocycles. The van der Waals surface area contributed by atoms with Crippen LogP contribution in [0.2, 0.25) is 0 Å². The van der Waals surface area contributed by atoms with Crippen LogP contribution in [0, 0.1) is 11.6 Å². The van der Waals surface area contributed by atoms with E-state index >= 15 is 4.39 Å². The third kappa shape index (κ3) is 6.03. The molecule has 12 heteroatoms.